The highest BCUT2D eigenvalue weighted by atomic mass is 35.5. The van der Waals surface area contributed by atoms with E-state index in [-0.39, 0.29) is 17.1 Å². The summed E-state index contributed by atoms with van der Waals surface area (Å²) in [6, 6.07) is 0. The van der Waals surface area contributed by atoms with E-state index in [0.29, 0.717) is 24.7 Å². The van der Waals surface area contributed by atoms with E-state index in [1.807, 2.05) is 0 Å². The second-order valence-electron chi connectivity index (χ2n) is 9.44. The molecular formula is C21H29ClO4. The summed E-state index contributed by atoms with van der Waals surface area (Å²) in [5.74, 6) is 3.89. The molecule has 4 aliphatic rings. The highest BCUT2D eigenvalue weighted by Gasteiger charge is 2.67. The third kappa shape index (κ3) is 2.15. The Morgan fingerprint density at radius 2 is 1.81 bits per heavy atom. The number of rotatable bonds is 0. The molecule has 8 atom stereocenters. The molecule has 0 heterocycles. The number of hydrogen-bond acceptors (Lipinski definition) is 4. The van der Waals surface area contributed by atoms with Gasteiger partial charge in [0.15, 0.2) is 5.60 Å². The van der Waals surface area contributed by atoms with Crippen molar-refractivity contribution in [3.8, 4) is 11.3 Å². The molecule has 4 N–H and O–H groups in total. The Morgan fingerprint density at radius 3 is 2.50 bits per heavy atom. The van der Waals surface area contributed by atoms with Crippen LogP contribution in [0.25, 0.3) is 0 Å². The minimum Gasteiger partial charge on any atom is -0.510 e. The minimum atomic E-state index is -1.45. The van der Waals surface area contributed by atoms with E-state index in [4.69, 9.17) is 11.6 Å². The standard InChI is InChI=1S/C21H29ClO4/c1-19-7-6-16(23)18(25)14(19)4-3-12-13(19)5-8-20(2)15(12)11-17(24)21(20,26)9-10-22/h12-13,15-17,23-26H,3-8,11H2,1-2H3/t12-,13+,15+,16-,17-,19-,20+,21+/m1/s1. The van der Waals surface area contributed by atoms with Gasteiger partial charge >= 0.3 is 0 Å². The van der Waals surface area contributed by atoms with Crippen LogP contribution in [0, 0.1) is 39.9 Å². The molecule has 5 heteroatoms. The van der Waals surface area contributed by atoms with Gasteiger partial charge in [0, 0.05) is 10.8 Å². The molecule has 0 aromatic carbocycles. The number of hydrogen-bond donors (Lipinski definition) is 4. The summed E-state index contributed by atoms with van der Waals surface area (Å²) in [6.45, 7) is 4.29. The van der Waals surface area contributed by atoms with Crippen molar-refractivity contribution in [1.29, 1.82) is 0 Å². The molecule has 0 unspecified atom stereocenters. The van der Waals surface area contributed by atoms with Crippen LogP contribution in [-0.4, -0.2) is 38.2 Å². The molecule has 0 aromatic rings. The maximum Gasteiger partial charge on any atom is 0.157 e. The van der Waals surface area contributed by atoms with Crippen molar-refractivity contribution < 1.29 is 20.4 Å². The highest BCUT2D eigenvalue weighted by Crippen LogP contribution is 2.67. The summed E-state index contributed by atoms with van der Waals surface area (Å²) in [4.78, 5) is 0. The van der Waals surface area contributed by atoms with Crippen LogP contribution in [0.15, 0.2) is 11.3 Å². The SMILES string of the molecule is C[C@]12CC[C@@H](O)C(O)=C1CC[C@@H]1[C@@H]2CC[C@@]2(C)[C@H]1C[C@@H](O)[C@@]2(O)C#CCl. The number of aliphatic hydroxyl groups is 4. The van der Waals surface area contributed by atoms with Gasteiger partial charge < -0.3 is 20.4 Å². The van der Waals surface area contributed by atoms with Gasteiger partial charge in [-0.05, 0) is 91.2 Å². The number of aliphatic hydroxyl groups excluding tert-OH is 3. The normalized spacial score (nSPS) is 53.2. The zero-order chi connectivity index (χ0) is 18.9. The fourth-order valence-electron chi connectivity index (χ4n) is 7.15. The van der Waals surface area contributed by atoms with Gasteiger partial charge in [0.2, 0.25) is 0 Å². The molecule has 0 aliphatic heterocycles. The Labute approximate surface area is 160 Å². The molecule has 4 nitrogen and oxygen atoms in total. The summed E-state index contributed by atoms with van der Waals surface area (Å²) in [7, 11) is 0. The molecule has 3 fully saturated rings. The third-order valence-electron chi connectivity index (χ3n) is 8.69. The van der Waals surface area contributed by atoms with Crippen molar-refractivity contribution >= 4 is 11.6 Å². The van der Waals surface area contributed by atoms with Crippen molar-refractivity contribution in [2.75, 3.05) is 0 Å². The zero-order valence-electron chi connectivity index (χ0n) is 15.5. The highest BCUT2D eigenvalue weighted by molar-refractivity contribution is 6.30. The largest absolute Gasteiger partial charge is 0.510 e. The lowest BCUT2D eigenvalue weighted by Crippen LogP contribution is -2.56. The quantitative estimate of drug-likeness (QED) is 0.487. The maximum absolute atomic E-state index is 11.2. The molecular weight excluding hydrogens is 352 g/mol. The second-order valence-corrected chi connectivity index (χ2v) is 9.63. The predicted molar refractivity (Wildman–Crippen MR) is 99.3 cm³/mol. The summed E-state index contributed by atoms with van der Waals surface area (Å²) in [5, 5.41) is 44.7. The second kappa shape index (κ2) is 5.88. The fraction of sp³-hybridized carbons (Fsp3) is 0.810. The van der Waals surface area contributed by atoms with Crippen LogP contribution in [0.3, 0.4) is 0 Å². The van der Waals surface area contributed by atoms with Crippen LogP contribution >= 0.6 is 11.6 Å². The van der Waals surface area contributed by atoms with Crippen LogP contribution < -0.4 is 0 Å². The molecule has 144 valence electrons. The topological polar surface area (TPSA) is 80.9 Å². The van der Waals surface area contributed by atoms with Gasteiger partial charge in [-0.1, -0.05) is 13.8 Å². The van der Waals surface area contributed by atoms with Crippen molar-refractivity contribution in [2.24, 2.45) is 28.6 Å². The molecule has 26 heavy (non-hydrogen) atoms. The summed E-state index contributed by atoms with van der Waals surface area (Å²) in [5.41, 5.74) is -0.983. The molecule has 0 bridgehead atoms. The molecule has 4 rings (SSSR count). The van der Waals surface area contributed by atoms with Crippen molar-refractivity contribution in [1.82, 2.24) is 0 Å². The Bertz CT molecular complexity index is 709. The average molecular weight is 381 g/mol. The molecule has 3 saturated carbocycles. The Hall–Kier alpha value is -0.730. The molecule has 0 radical (unpaired) electrons. The van der Waals surface area contributed by atoms with E-state index >= 15 is 0 Å². The first-order valence-corrected chi connectivity index (χ1v) is 10.2. The summed E-state index contributed by atoms with van der Waals surface area (Å²) >= 11 is 5.62. The lowest BCUT2D eigenvalue weighted by Gasteiger charge is -2.58. The smallest absolute Gasteiger partial charge is 0.157 e. The van der Waals surface area contributed by atoms with Crippen LogP contribution in [0.1, 0.15) is 58.8 Å². The lowest BCUT2D eigenvalue weighted by molar-refractivity contribution is -0.122. The Morgan fingerprint density at radius 1 is 1.08 bits per heavy atom. The van der Waals surface area contributed by atoms with Gasteiger partial charge in [-0.3, -0.25) is 0 Å². The van der Waals surface area contributed by atoms with E-state index in [9.17, 15) is 20.4 Å². The first-order valence-electron chi connectivity index (χ1n) is 9.83. The van der Waals surface area contributed by atoms with E-state index < -0.39 is 23.2 Å². The first-order chi connectivity index (χ1) is 12.2. The van der Waals surface area contributed by atoms with Gasteiger partial charge in [-0.15, -0.1) is 0 Å². The lowest BCUT2D eigenvalue weighted by atomic mass is 9.46. The van der Waals surface area contributed by atoms with Gasteiger partial charge in [0.25, 0.3) is 0 Å². The monoisotopic (exact) mass is 380 g/mol. The van der Waals surface area contributed by atoms with Crippen molar-refractivity contribution in [2.45, 2.75) is 76.6 Å². The van der Waals surface area contributed by atoms with Gasteiger partial charge in [0.1, 0.15) is 11.9 Å². The molecule has 0 spiro atoms. The third-order valence-corrected chi connectivity index (χ3v) is 8.79. The summed E-state index contributed by atoms with van der Waals surface area (Å²) < 4.78 is 0. The first kappa shape index (κ1) is 18.6. The van der Waals surface area contributed by atoms with E-state index in [1.165, 1.54) is 0 Å². The predicted octanol–water partition coefficient (Wildman–Crippen LogP) is 3.10. The molecule has 0 amide bonds. The average Bonchev–Trinajstić information content (AvgIpc) is 2.79. The Kier molecular flexibility index (Phi) is 4.21. The van der Waals surface area contributed by atoms with E-state index in [2.05, 4.69) is 25.1 Å². The van der Waals surface area contributed by atoms with Crippen LogP contribution in [-0.2, 0) is 0 Å². The molecule has 0 aromatic heterocycles. The molecule has 0 saturated heterocycles. The van der Waals surface area contributed by atoms with Crippen LogP contribution in [0.2, 0.25) is 0 Å². The van der Waals surface area contributed by atoms with Crippen LogP contribution in [0.4, 0.5) is 0 Å². The van der Waals surface area contributed by atoms with Crippen molar-refractivity contribution in [3.63, 3.8) is 0 Å². The number of halogens is 1. The van der Waals surface area contributed by atoms with Gasteiger partial charge in [-0.2, -0.15) is 0 Å². The Balaban J connectivity index is 1.73. The van der Waals surface area contributed by atoms with Crippen LogP contribution in [0.5, 0.6) is 0 Å². The van der Waals surface area contributed by atoms with E-state index in [1.54, 1.807) is 0 Å². The number of fused-ring (bicyclic) bond motifs is 5. The zero-order valence-corrected chi connectivity index (χ0v) is 16.3. The minimum absolute atomic E-state index is 0.0998. The fourth-order valence-corrected chi connectivity index (χ4v) is 7.29. The van der Waals surface area contributed by atoms with E-state index in [0.717, 1.165) is 37.7 Å². The van der Waals surface area contributed by atoms with Gasteiger partial charge in [0.05, 0.1) is 6.10 Å². The van der Waals surface area contributed by atoms with Crippen molar-refractivity contribution in [3.05, 3.63) is 11.3 Å². The number of allylic oxidation sites excluding steroid dienone is 1. The maximum atomic E-state index is 11.2. The molecule has 4 aliphatic carbocycles. The van der Waals surface area contributed by atoms with Gasteiger partial charge in [-0.25, -0.2) is 0 Å². The summed E-state index contributed by atoms with van der Waals surface area (Å²) in [6.07, 6.45) is 3.84.